The Morgan fingerprint density at radius 1 is 0.867 bits per heavy atom. The van der Waals surface area contributed by atoms with Crippen molar-refractivity contribution in [2.24, 2.45) is 0 Å². The van der Waals surface area contributed by atoms with Crippen molar-refractivity contribution in [2.75, 3.05) is 44.8 Å². The normalized spacial score (nSPS) is 14.8. The third kappa shape index (κ3) is 11.5. The number of halogens is 4. The lowest BCUT2D eigenvalue weighted by Gasteiger charge is -2.32. The van der Waals surface area contributed by atoms with Crippen molar-refractivity contribution in [1.29, 1.82) is 0 Å². The number of anilines is 1. The highest BCUT2D eigenvalue weighted by Gasteiger charge is 2.48. The number of piperidine rings is 1. The SMILES string of the molecule is CN(C)CC[C@H](CSc1ccccc1)Nc1ccc(S(=O)(=O)NC(=O)c2ccc(C3CCN(Cc4ccccc4-c4ccc(Cl)cc4)CC3)cc2)cc1S(=O)(=O)C(F)(F)F. The highest BCUT2D eigenvalue weighted by atomic mass is 35.5. The van der Waals surface area contributed by atoms with Crippen LogP contribution >= 0.6 is 23.4 Å². The van der Waals surface area contributed by atoms with E-state index in [-0.39, 0.29) is 11.5 Å². The van der Waals surface area contributed by atoms with Gasteiger partial charge in [-0.25, -0.2) is 21.6 Å². The van der Waals surface area contributed by atoms with Crippen molar-refractivity contribution in [1.82, 2.24) is 14.5 Å². The summed E-state index contributed by atoms with van der Waals surface area (Å²) in [5.41, 5.74) is -1.66. The lowest BCUT2D eigenvalue weighted by Crippen LogP contribution is -2.33. The molecular formula is C44H46ClF3N4O5S3. The second kappa shape index (κ2) is 19.6. The van der Waals surface area contributed by atoms with Gasteiger partial charge in [0, 0.05) is 33.8 Å². The molecule has 0 aliphatic carbocycles. The minimum absolute atomic E-state index is 0.0136. The molecule has 0 radical (unpaired) electrons. The summed E-state index contributed by atoms with van der Waals surface area (Å²) in [6.45, 7) is 3.02. The zero-order valence-electron chi connectivity index (χ0n) is 33.0. The third-order valence-corrected chi connectivity index (χ3v) is 14.6. The molecule has 1 aliphatic heterocycles. The van der Waals surface area contributed by atoms with Gasteiger partial charge in [0.2, 0.25) is 0 Å². The van der Waals surface area contributed by atoms with E-state index in [2.05, 4.69) is 22.3 Å². The first-order chi connectivity index (χ1) is 28.5. The maximum absolute atomic E-state index is 14.0. The van der Waals surface area contributed by atoms with Crippen LogP contribution in [0.3, 0.4) is 0 Å². The summed E-state index contributed by atoms with van der Waals surface area (Å²) in [6, 6.07) is 33.9. The molecule has 0 saturated carbocycles. The van der Waals surface area contributed by atoms with Crippen molar-refractivity contribution in [3.63, 3.8) is 0 Å². The second-order valence-corrected chi connectivity index (χ2v) is 20.1. The van der Waals surface area contributed by atoms with E-state index in [1.807, 2.05) is 90.4 Å². The summed E-state index contributed by atoms with van der Waals surface area (Å²) < 4.78 is 96.7. The predicted octanol–water partition coefficient (Wildman–Crippen LogP) is 9.32. The molecule has 1 saturated heterocycles. The van der Waals surface area contributed by atoms with Crippen LogP contribution in [0.1, 0.15) is 46.7 Å². The van der Waals surface area contributed by atoms with Gasteiger partial charge in [-0.1, -0.05) is 78.3 Å². The maximum Gasteiger partial charge on any atom is 0.501 e. The second-order valence-electron chi connectivity index (χ2n) is 14.9. The Balaban J connectivity index is 1.12. The Kier molecular flexibility index (Phi) is 14.7. The number of sulfone groups is 1. The number of benzene rings is 5. The number of carbonyl (C=O) groups excluding carboxylic acids is 1. The summed E-state index contributed by atoms with van der Waals surface area (Å²) in [5.74, 6) is -0.424. The molecule has 16 heteroatoms. The summed E-state index contributed by atoms with van der Waals surface area (Å²) in [7, 11) is -7.18. The fourth-order valence-corrected chi connectivity index (χ4v) is 10.2. The smallest absolute Gasteiger partial charge is 0.380 e. The van der Waals surface area contributed by atoms with E-state index >= 15 is 0 Å². The van der Waals surface area contributed by atoms with Crippen molar-refractivity contribution in [3.8, 4) is 11.1 Å². The fourth-order valence-electron chi connectivity index (χ4n) is 7.06. The van der Waals surface area contributed by atoms with E-state index in [1.54, 1.807) is 12.1 Å². The van der Waals surface area contributed by atoms with Crippen LogP contribution in [-0.2, 0) is 26.4 Å². The standard InChI is InChI=1S/C44H46ClF3N4O5S3/c1-51(2)25-24-37(30-58-38-9-4-3-5-10-38)49-41-21-20-39(28-42(41)59(54,55)44(46,47)48)60(56,57)50-43(53)34-14-12-31(13-15-34)32-22-26-52(27-23-32)29-35-8-6-7-11-40(35)33-16-18-36(45)19-17-33/h3-21,28,32,37,49H,22-27,29-30H2,1-2H3,(H,50,53)/t37-/m1/s1. The largest absolute Gasteiger partial charge is 0.501 e. The van der Waals surface area contributed by atoms with Gasteiger partial charge in [0.15, 0.2) is 0 Å². The van der Waals surface area contributed by atoms with E-state index in [1.165, 1.54) is 29.5 Å². The first-order valence-electron chi connectivity index (χ1n) is 19.3. The molecule has 9 nitrogen and oxygen atoms in total. The first-order valence-corrected chi connectivity index (χ1v) is 23.6. The van der Waals surface area contributed by atoms with Crippen LogP contribution in [0.5, 0.6) is 0 Å². The number of rotatable bonds is 16. The molecule has 0 aromatic heterocycles. The van der Waals surface area contributed by atoms with Gasteiger partial charge in [-0.3, -0.25) is 9.69 Å². The van der Waals surface area contributed by atoms with E-state index in [0.29, 0.717) is 29.8 Å². The zero-order valence-corrected chi connectivity index (χ0v) is 36.2. The molecule has 5 aromatic carbocycles. The molecule has 1 amide bonds. The minimum Gasteiger partial charge on any atom is -0.380 e. The van der Waals surface area contributed by atoms with Gasteiger partial charge in [-0.2, -0.15) is 13.2 Å². The van der Waals surface area contributed by atoms with E-state index in [0.717, 1.165) is 66.2 Å². The molecule has 1 heterocycles. The molecule has 60 heavy (non-hydrogen) atoms. The number of amides is 1. The van der Waals surface area contributed by atoms with Gasteiger partial charge >= 0.3 is 5.51 Å². The molecule has 5 aromatic rings. The Bertz CT molecular complexity index is 2470. The van der Waals surface area contributed by atoms with Crippen LogP contribution in [0.2, 0.25) is 5.02 Å². The maximum atomic E-state index is 14.0. The predicted molar refractivity (Wildman–Crippen MR) is 233 cm³/mol. The summed E-state index contributed by atoms with van der Waals surface area (Å²) in [5, 5.41) is 3.62. The van der Waals surface area contributed by atoms with Crippen LogP contribution in [0, 0.1) is 0 Å². The van der Waals surface area contributed by atoms with Crippen LogP contribution < -0.4 is 10.0 Å². The summed E-state index contributed by atoms with van der Waals surface area (Å²) >= 11 is 7.55. The molecule has 1 atom stereocenters. The highest BCUT2D eigenvalue weighted by Crippen LogP contribution is 2.37. The van der Waals surface area contributed by atoms with Crippen LogP contribution in [-0.4, -0.2) is 83.6 Å². The minimum atomic E-state index is -6.03. The zero-order chi connectivity index (χ0) is 43.1. The number of nitrogens with one attached hydrogen (secondary N) is 2. The molecule has 0 bridgehead atoms. The monoisotopic (exact) mass is 898 g/mol. The first kappa shape index (κ1) is 45.2. The number of alkyl halides is 3. The molecular weight excluding hydrogens is 853 g/mol. The van der Waals surface area contributed by atoms with E-state index in [4.69, 9.17) is 11.6 Å². The average Bonchev–Trinajstić information content (AvgIpc) is 3.22. The van der Waals surface area contributed by atoms with Gasteiger partial charge in [-0.05, 0) is 136 Å². The third-order valence-electron chi connectivity index (χ3n) is 10.4. The number of likely N-dealkylation sites (tertiary alicyclic amines) is 1. The van der Waals surface area contributed by atoms with Crippen LogP contribution in [0.4, 0.5) is 18.9 Å². The molecule has 0 spiro atoms. The van der Waals surface area contributed by atoms with Crippen molar-refractivity contribution < 1.29 is 34.8 Å². The number of carbonyl (C=O) groups is 1. The molecule has 318 valence electrons. The van der Waals surface area contributed by atoms with Crippen molar-refractivity contribution in [2.45, 2.75) is 58.0 Å². The molecule has 6 rings (SSSR count). The van der Waals surface area contributed by atoms with E-state index in [9.17, 15) is 34.8 Å². The van der Waals surface area contributed by atoms with Crippen LogP contribution in [0.25, 0.3) is 11.1 Å². The van der Waals surface area contributed by atoms with Crippen molar-refractivity contribution >= 4 is 54.8 Å². The lowest BCUT2D eigenvalue weighted by atomic mass is 9.88. The van der Waals surface area contributed by atoms with Gasteiger partial charge in [-0.15, -0.1) is 11.8 Å². The molecule has 1 fully saturated rings. The van der Waals surface area contributed by atoms with Crippen LogP contribution in [0.15, 0.2) is 136 Å². The topological polar surface area (TPSA) is 116 Å². The summed E-state index contributed by atoms with van der Waals surface area (Å²) in [6.07, 6.45) is 2.19. The number of sulfonamides is 1. The fraction of sp³-hybridized carbons (Fsp3) is 0.295. The van der Waals surface area contributed by atoms with Gasteiger partial charge in [0.05, 0.1) is 10.6 Å². The number of hydrogen-bond acceptors (Lipinski definition) is 9. The number of thioether (sulfide) groups is 1. The van der Waals surface area contributed by atoms with Gasteiger partial charge in [0.1, 0.15) is 4.90 Å². The Morgan fingerprint density at radius 2 is 1.52 bits per heavy atom. The Labute approximate surface area is 359 Å². The van der Waals surface area contributed by atoms with Gasteiger partial charge in [0.25, 0.3) is 25.8 Å². The van der Waals surface area contributed by atoms with Crippen molar-refractivity contribution in [3.05, 3.63) is 143 Å². The Morgan fingerprint density at radius 3 is 2.17 bits per heavy atom. The molecule has 2 N–H and O–H groups in total. The highest BCUT2D eigenvalue weighted by molar-refractivity contribution is 7.99. The number of hydrogen-bond donors (Lipinski definition) is 2. The lowest BCUT2D eigenvalue weighted by molar-refractivity contribution is -0.0435. The molecule has 1 aliphatic rings. The van der Waals surface area contributed by atoms with E-state index < -0.39 is 52.8 Å². The Hall–Kier alpha value is -4.38. The van der Waals surface area contributed by atoms with Gasteiger partial charge < -0.3 is 10.2 Å². The quantitative estimate of drug-likeness (QED) is 0.0936. The number of nitrogens with zero attached hydrogens (tertiary/aromatic N) is 2. The molecule has 0 unspecified atom stereocenters. The summed E-state index contributed by atoms with van der Waals surface area (Å²) in [4.78, 5) is 16.4. The average molecular weight is 900 g/mol.